The van der Waals surface area contributed by atoms with Crippen LogP contribution in [0.5, 0.6) is 0 Å². The highest BCUT2D eigenvalue weighted by Crippen LogP contribution is 2.06. The number of hydrogen-bond acceptors (Lipinski definition) is 4. The molecule has 1 rings (SSSR count). The van der Waals surface area contributed by atoms with Crippen LogP contribution < -0.4 is 5.11 Å². The van der Waals surface area contributed by atoms with Gasteiger partial charge in [-0.3, -0.25) is 0 Å². The fourth-order valence-corrected chi connectivity index (χ4v) is 0.573. The van der Waals surface area contributed by atoms with Gasteiger partial charge in [0.05, 0.1) is 5.97 Å². The lowest BCUT2D eigenvalue weighted by molar-refractivity contribution is -0.295. The summed E-state index contributed by atoms with van der Waals surface area (Å²) >= 11 is 0. The zero-order valence-electron chi connectivity index (χ0n) is 5.65. The van der Waals surface area contributed by atoms with E-state index in [4.69, 9.17) is 0 Å². The molecule has 4 heteroatoms. The van der Waals surface area contributed by atoms with Crippen molar-refractivity contribution in [2.24, 2.45) is 0 Å². The Kier molecular flexibility index (Phi) is 1.96. The molecular weight excluding hydrogens is 144 g/mol. The minimum absolute atomic E-state index is 0.106. The Morgan fingerprint density at radius 1 is 1.45 bits per heavy atom. The van der Waals surface area contributed by atoms with Gasteiger partial charge in [0.25, 0.3) is 0 Å². The molecule has 0 bridgehead atoms. The van der Waals surface area contributed by atoms with Crippen LogP contribution in [0.15, 0.2) is 25.3 Å². The molecule has 0 unspecified atom stereocenters. The summed E-state index contributed by atoms with van der Waals surface area (Å²) in [6.45, 7) is 3.28. The van der Waals surface area contributed by atoms with E-state index in [0.29, 0.717) is 5.56 Å². The zero-order chi connectivity index (χ0) is 8.27. The van der Waals surface area contributed by atoms with Crippen molar-refractivity contribution < 1.29 is 9.90 Å². The van der Waals surface area contributed by atoms with Gasteiger partial charge in [0, 0.05) is 23.5 Å². The summed E-state index contributed by atoms with van der Waals surface area (Å²) < 4.78 is 0. The summed E-state index contributed by atoms with van der Waals surface area (Å²) in [4.78, 5) is 17.5. The summed E-state index contributed by atoms with van der Waals surface area (Å²) in [6.07, 6.45) is 4.04. The molecule has 1 aromatic rings. The molecule has 0 saturated heterocycles. The Balaban J connectivity index is 2.95. The Hall–Kier alpha value is -1.71. The van der Waals surface area contributed by atoms with Crippen LogP contribution >= 0.6 is 0 Å². The largest absolute Gasteiger partial charge is 0.545 e. The van der Waals surface area contributed by atoms with Crippen LogP contribution in [0.1, 0.15) is 5.56 Å². The molecule has 0 aliphatic carbocycles. The van der Waals surface area contributed by atoms with Gasteiger partial charge in [0.2, 0.25) is 0 Å². The number of carbonyl (C=O) groups is 1. The van der Waals surface area contributed by atoms with Crippen LogP contribution in [-0.4, -0.2) is 15.9 Å². The minimum Gasteiger partial charge on any atom is -0.545 e. The second-order valence-corrected chi connectivity index (χ2v) is 1.89. The summed E-state index contributed by atoms with van der Waals surface area (Å²) in [5.41, 5.74) is 0.262. The molecule has 0 amide bonds. The van der Waals surface area contributed by atoms with E-state index >= 15 is 0 Å². The van der Waals surface area contributed by atoms with Crippen LogP contribution in [0.2, 0.25) is 0 Å². The number of rotatable bonds is 2. The van der Waals surface area contributed by atoms with Crippen molar-refractivity contribution in [1.82, 2.24) is 9.97 Å². The first-order valence-electron chi connectivity index (χ1n) is 2.87. The summed E-state index contributed by atoms with van der Waals surface area (Å²) in [6, 6.07) is 0. The van der Waals surface area contributed by atoms with Gasteiger partial charge in [-0.1, -0.05) is 6.58 Å². The maximum Gasteiger partial charge on any atom is 0.115 e. The first kappa shape index (κ1) is 7.40. The highest BCUT2D eigenvalue weighted by atomic mass is 16.4. The van der Waals surface area contributed by atoms with Crippen LogP contribution in [0.25, 0.3) is 5.57 Å². The van der Waals surface area contributed by atoms with E-state index in [1.165, 1.54) is 18.7 Å². The lowest BCUT2D eigenvalue weighted by atomic mass is 10.2. The fourth-order valence-electron chi connectivity index (χ4n) is 0.573. The van der Waals surface area contributed by atoms with Crippen molar-refractivity contribution in [1.29, 1.82) is 0 Å². The molecule has 11 heavy (non-hydrogen) atoms. The third-order valence-electron chi connectivity index (χ3n) is 1.16. The number of aromatic nitrogens is 2. The highest BCUT2D eigenvalue weighted by molar-refractivity contribution is 6.12. The summed E-state index contributed by atoms with van der Waals surface area (Å²) in [7, 11) is 0. The average molecular weight is 149 g/mol. The number of carbonyl (C=O) groups excluding carboxylic acids is 1. The maximum absolute atomic E-state index is 10.2. The number of nitrogens with zero attached hydrogens (tertiary/aromatic N) is 2. The minimum atomic E-state index is -1.31. The molecule has 0 aromatic carbocycles. The van der Waals surface area contributed by atoms with Crippen molar-refractivity contribution in [3.63, 3.8) is 0 Å². The molecule has 0 N–H and O–H groups in total. The first-order valence-corrected chi connectivity index (χ1v) is 2.87. The fraction of sp³-hybridized carbons (Fsp3) is 0. The van der Waals surface area contributed by atoms with Gasteiger partial charge in [-0.2, -0.15) is 0 Å². The molecule has 1 heterocycles. The quantitative estimate of drug-likeness (QED) is 0.518. The van der Waals surface area contributed by atoms with Crippen LogP contribution in [0.4, 0.5) is 0 Å². The van der Waals surface area contributed by atoms with Gasteiger partial charge < -0.3 is 9.90 Å². The molecule has 1 aromatic heterocycles. The van der Waals surface area contributed by atoms with Crippen LogP contribution in [-0.2, 0) is 4.79 Å². The van der Waals surface area contributed by atoms with Crippen molar-refractivity contribution in [2.45, 2.75) is 0 Å². The Labute approximate surface area is 63.2 Å². The third-order valence-corrected chi connectivity index (χ3v) is 1.16. The van der Waals surface area contributed by atoms with Gasteiger partial charge >= 0.3 is 0 Å². The van der Waals surface area contributed by atoms with E-state index in [-0.39, 0.29) is 5.57 Å². The zero-order valence-corrected chi connectivity index (χ0v) is 5.65. The molecule has 0 aliphatic rings. The molecule has 0 saturated carbocycles. The second-order valence-electron chi connectivity index (χ2n) is 1.89. The number of hydrogen-bond donors (Lipinski definition) is 0. The molecule has 0 radical (unpaired) electrons. The number of carboxylic acid groups (broad SMARTS) is 1. The van der Waals surface area contributed by atoms with Crippen molar-refractivity contribution >= 4 is 11.5 Å². The standard InChI is InChI=1S/C7H6N2O2/c1-5(7(10)11)6-2-8-4-9-3-6/h2-4H,1H2,(H,10,11)/p-1. The molecule has 0 fully saturated rings. The van der Waals surface area contributed by atoms with Gasteiger partial charge in [-0.25, -0.2) is 9.97 Å². The smallest absolute Gasteiger partial charge is 0.115 e. The Morgan fingerprint density at radius 3 is 2.45 bits per heavy atom. The van der Waals surface area contributed by atoms with E-state index in [1.54, 1.807) is 0 Å². The molecule has 0 atom stereocenters. The van der Waals surface area contributed by atoms with Crippen molar-refractivity contribution in [3.8, 4) is 0 Å². The van der Waals surface area contributed by atoms with E-state index < -0.39 is 5.97 Å². The average Bonchev–Trinajstić information content (AvgIpc) is 2.05. The van der Waals surface area contributed by atoms with Gasteiger partial charge in [0.15, 0.2) is 0 Å². The molecule has 4 nitrogen and oxygen atoms in total. The monoisotopic (exact) mass is 149 g/mol. The van der Waals surface area contributed by atoms with E-state index in [1.807, 2.05) is 0 Å². The van der Waals surface area contributed by atoms with Gasteiger partial charge in [0.1, 0.15) is 6.33 Å². The van der Waals surface area contributed by atoms with E-state index in [0.717, 1.165) is 0 Å². The summed E-state index contributed by atoms with van der Waals surface area (Å²) in [5.74, 6) is -1.31. The second kappa shape index (κ2) is 2.92. The third kappa shape index (κ3) is 1.61. The molecule has 0 aliphatic heterocycles. The predicted molar refractivity (Wildman–Crippen MR) is 36.1 cm³/mol. The molecule has 56 valence electrons. The van der Waals surface area contributed by atoms with Gasteiger partial charge in [-0.15, -0.1) is 0 Å². The predicted octanol–water partition coefficient (Wildman–Crippen LogP) is -0.760. The normalized spacial score (nSPS) is 9.09. The van der Waals surface area contributed by atoms with Crippen LogP contribution in [0, 0.1) is 0 Å². The Morgan fingerprint density at radius 2 is 2.00 bits per heavy atom. The number of carboxylic acids is 1. The van der Waals surface area contributed by atoms with E-state index in [9.17, 15) is 9.90 Å². The Bertz CT molecular complexity index is 282. The van der Waals surface area contributed by atoms with Gasteiger partial charge in [-0.05, 0) is 0 Å². The molecular formula is C7H5N2O2-. The topological polar surface area (TPSA) is 65.9 Å². The van der Waals surface area contributed by atoms with Crippen molar-refractivity contribution in [2.75, 3.05) is 0 Å². The SMILES string of the molecule is C=C(C(=O)[O-])c1cncnc1. The van der Waals surface area contributed by atoms with E-state index in [2.05, 4.69) is 16.5 Å². The highest BCUT2D eigenvalue weighted by Gasteiger charge is 1.97. The number of aliphatic carboxylic acids is 1. The lowest BCUT2D eigenvalue weighted by Gasteiger charge is -2.03. The van der Waals surface area contributed by atoms with Crippen LogP contribution in [0.3, 0.4) is 0 Å². The lowest BCUT2D eigenvalue weighted by Crippen LogP contribution is -2.23. The van der Waals surface area contributed by atoms with Crippen molar-refractivity contribution in [3.05, 3.63) is 30.9 Å². The molecule has 0 spiro atoms. The first-order chi connectivity index (χ1) is 5.22. The summed E-state index contributed by atoms with van der Waals surface area (Å²) in [5, 5.41) is 10.2. The maximum atomic E-state index is 10.2.